The van der Waals surface area contributed by atoms with Crippen LogP contribution in [-0.2, 0) is 0 Å². The molecule has 0 unspecified atom stereocenters. The van der Waals surface area contributed by atoms with Crippen molar-refractivity contribution in [1.29, 1.82) is 0 Å². The van der Waals surface area contributed by atoms with E-state index >= 15 is 0 Å². The Morgan fingerprint density at radius 1 is 0.250 bits per heavy atom. The second-order valence-electron chi connectivity index (χ2n) is 12.0. The number of nitrogens with zero attached hydrogens (tertiary/aromatic N) is 3. The lowest BCUT2D eigenvalue weighted by Crippen LogP contribution is -2.14. The van der Waals surface area contributed by atoms with Gasteiger partial charge in [0.2, 0.25) is 0 Å². The molecule has 0 aromatic heterocycles. The Kier molecular flexibility index (Phi) is 6.04. The maximum absolute atomic E-state index is 5.76. The minimum atomic E-state index is -3.04. The van der Waals surface area contributed by atoms with E-state index in [1.807, 2.05) is 0 Å². The minimum absolute atomic E-state index is 0.972. The Morgan fingerprint density at radius 2 is 0.417 bits per heavy atom. The summed E-state index contributed by atoms with van der Waals surface area (Å²) in [5, 5.41) is 23.4. The average molecular weight is 682 g/mol. The van der Waals surface area contributed by atoms with Crippen molar-refractivity contribution >= 4 is 56.6 Å². The van der Waals surface area contributed by atoms with Gasteiger partial charge >= 0.3 is 0 Å². The third kappa shape index (κ3) is 4.43. The minimum Gasteiger partial charge on any atom is -0.318 e. The highest BCUT2D eigenvalue weighted by molar-refractivity contribution is 7.90. The molecule has 4 aliphatic heterocycles. The highest BCUT2D eigenvalue weighted by Gasteiger charge is 2.43. The van der Waals surface area contributed by atoms with E-state index in [1.165, 1.54) is 0 Å². The molecule has 6 aromatic rings. The molecule has 3 spiro atoms. The van der Waals surface area contributed by atoms with Gasteiger partial charge in [-0.05, 0) is 36.4 Å². The number of nitrogens with one attached hydrogen (secondary N) is 6. The van der Waals surface area contributed by atoms with Crippen LogP contribution in [0.5, 0.6) is 0 Å². The van der Waals surface area contributed by atoms with E-state index in [2.05, 4.69) is 176 Å². The Morgan fingerprint density at radius 3 is 0.604 bits per heavy atom. The molecular weight excluding hydrogens is 651 g/mol. The van der Waals surface area contributed by atoms with Gasteiger partial charge < -0.3 is 30.5 Å². The van der Waals surface area contributed by atoms with Crippen molar-refractivity contribution in [3.8, 4) is 33.4 Å². The fourth-order valence-electron chi connectivity index (χ4n) is 6.87. The second-order valence-corrected chi connectivity index (χ2v) is 19.1. The molecule has 9 nitrogen and oxygen atoms in total. The number of benzene rings is 6. The van der Waals surface area contributed by atoms with E-state index in [-0.39, 0.29) is 0 Å². The van der Waals surface area contributed by atoms with Crippen LogP contribution >= 0.6 is 22.5 Å². The van der Waals surface area contributed by atoms with Gasteiger partial charge in [0, 0.05) is 67.5 Å². The van der Waals surface area contributed by atoms with Gasteiger partial charge in [0.1, 0.15) is 0 Å². The predicted octanol–water partition coefficient (Wildman–Crippen LogP) is 12.5. The van der Waals surface area contributed by atoms with Crippen LogP contribution in [0.15, 0.2) is 159 Å². The number of anilines is 6. The van der Waals surface area contributed by atoms with E-state index in [4.69, 9.17) is 13.5 Å². The summed E-state index contributed by atoms with van der Waals surface area (Å²) in [5.74, 6) is 0. The molecule has 0 atom stereocenters. The zero-order valence-corrected chi connectivity index (χ0v) is 28.2. The first-order valence-corrected chi connectivity index (χ1v) is 20.8. The Balaban J connectivity index is 1.31. The molecule has 0 bridgehead atoms. The summed E-state index contributed by atoms with van der Waals surface area (Å²) in [4.78, 5) is 0. The molecule has 4 heterocycles. The molecule has 12 heteroatoms. The Bertz CT molecular complexity index is 2050. The van der Waals surface area contributed by atoms with Gasteiger partial charge in [-0.25, -0.2) is 0 Å². The molecule has 0 saturated heterocycles. The van der Waals surface area contributed by atoms with Crippen LogP contribution in [0.2, 0.25) is 0 Å². The molecule has 0 saturated carbocycles. The fourth-order valence-corrected chi connectivity index (χ4v) is 18.3. The SMILES string of the molecule is c1ccc2c(c1)NP1(=NP3(=NP4(=N1)Nc1ccccc1-c1ccccc1N4)Nc1ccccc1-c1ccccc1N3)Nc1ccccc1-2. The Labute approximate surface area is 278 Å². The van der Waals surface area contributed by atoms with Crippen molar-refractivity contribution in [1.82, 2.24) is 0 Å². The van der Waals surface area contributed by atoms with Gasteiger partial charge in [-0.15, -0.1) is 0 Å². The van der Waals surface area contributed by atoms with E-state index < -0.39 is 22.5 Å². The number of hydrogen-bond acceptors (Lipinski definition) is 9. The first-order chi connectivity index (χ1) is 23.6. The van der Waals surface area contributed by atoms with Gasteiger partial charge in [-0.3, -0.25) is 0 Å². The topological polar surface area (TPSA) is 109 Å². The van der Waals surface area contributed by atoms with Crippen LogP contribution in [0.4, 0.5) is 34.1 Å². The lowest BCUT2D eigenvalue weighted by molar-refractivity contribution is 1.52. The summed E-state index contributed by atoms with van der Waals surface area (Å²) >= 11 is 0. The molecule has 48 heavy (non-hydrogen) atoms. The van der Waals surface area contributed by atoms with Crippen LogP contribution in [0.3, 0.4) is 0 Å². The van der Waals surface area contributed by atoms with Crippen LogP contribution < -0.4 is 30.5 Å². The average Bonchev–Trinajstić information content (AvgIpc) is 3.38. The van der Waals surface area contributed by atoms with E-state index in [1.54, 1.807) is 0 Å². The van der Waals surface area contributed by atoms with Crippen LogP contribution in [-0.4, -0.2) is 0 Å². The smallest absolute Gasteiger partial charge is 0.268 e. The molecule has 6 aromatic carbocycles. The number of rotatable bonds is 0. The largest absolute Gasteiger partial charge is 0.318 e. The van der Waals surface area contributed by atoms with E-state index in [0.29, 0.717) is 0 Å². The first-order valence-electron chi connectivity index (χ1n) is 15.8. The molecular formula is C36H30N9P3. The van der Waals surface area contributed by atoms with Crippen molar-refractivity contribution in [2.45, 2.75) is 0 Å². The van der Waals surface area contributed by atoms with Gasteiger partial charge in [0.25, 0.3) is 22.5 Å². The van der Waals surface area contributed by atoms with Crippen molar-refractivity contribution < 1.29 is 0 Å². The van der Waals surface area contributed by atoms with Crippen molar-refractivity contribution in [2.75, 3.05) is 30.5 Å². The summed E-state index contributed by atoms with van der Waals surface area (Å²) in [6, 6.07) is 50.4. The zero-order valence-electron chi connectivity index (χ0n) is 25.5. The van der Waals surface area contributed by atoms with Gasteiger partial charge in [-0.2, -0.15) is 13.5 Å². The normalized spacial score (nSPS) is 17.5. The zero-order chi connectivity index (χ0) is 31.8. The van der Waals surface area contributed by atoms with Crippen LogP contribution in [0.25, 0.3) is 33.4 Å². The first kappa shape index (κ1) is 27.9. The maximum Gasteiger partial charge on any atom is 0.268 e. The fraction of sp³-hybridized carbons (Fsp3) is 0. The third-order valence-electron chi connectivity index (χ3n) is 8.87. The summed E-state index contributed by atoms with van der Waals surface area (Å²) in [6.45, 7) is 0. The monoisotopic (exact) mass is 681 g/mol. The summed E-state index contributed by atoms with van der Waals surface area (Å²) in [6.07, 6.45) is 0. The number of hydrogen-bond donors (Lipinski definition) is 6. The quantitative estimate of drug-likeness (QED) is 0.0891. The predicted molar refractivity (Wildman–Crippen MR) is 205 cm³/mol. The molecule has 0 amide bonds. The van der Waals surface area contributed by atoms with Crippen molar-refractivity contribution in [3.05, 3.63) is 146 Å². The lowest BCUT2D eigenvalue weighted by atomic mass is 10.0. The molecule has 6 N–H and O–H groups in total. The molecule has 0 fully saturated rings. The summed E-state index contributed by atoms with van der Waals surface area (Å²) in [5.41, 5.74) is 12.4. The highest BCUT2D eigenvalue weighted by atomic mass is 31.3. The standard InChI is InChI=1S/C36H30N9P3/c1-7-19-31-25(13-1)26-14-2-8-20-32(26)38-46(37-31)43-47(39-33-21-9-3-15-27(33)28-16-4-10-22-34(28)40-47)45-48(44-46)41-35-23-11-5-17-29(35)30-18-6-12-24-36(30)42-48/h1-24,37-42H. The van der Waals surface area contributed by atoms with Gasteiger partial charge in [-0.1, -0.05) is 109 Å². The molecule has 0 radical (unpaired) electrons. The summed E-state index contributed by atoms with van der Waals surface area (Å²) < 4.78 is 17.3. The third-order valence-corrected chi connectivity index (χ3v) is 18.4. The molecule has 10 rings (SSSR count). The van der Waals surface area contributed by atoms with E-state index in [9.17, 15) is 0 Å². The van der Waals surface area contributed by atoms with Crippen LogP contribution in [0, 0.1) is 0 Å². The number of fused-ring (bicyclic) bond motifs is 9. The molecule has 234 valence electrons. The highest BCUT2D eigenvalue weighted by Crippen LogP contribution is 2.78. The van der Waals surface area contributed by atoms with Crippen LogP contribution in [0.1, 0.15) is 0 Å². The Hall–Kier alpha value is -5.19. The van der Waals surface area contributed by atoms with Crippen molar-refractivity contribution in [3.63, 3.8) is 0 Å². The van der Waals surface area contributed by atoms with Crippen molar-refractivity contribution in [2.24, 2.45) is 13.5 Å². The van der Waals surface area contributed by atoms with Gasteiger partial charge in [0.15, 0.2) is 0 Å². The second kappa shape index (κ2) is 10.4. The molecule has 0 aliphatic carbocycles. The lowest BCUT2D eigenvalue weighted by Gasteiger charge is -2.37. The molecule has 4 aliphatic rings. The summed E-state index contributed by atoms with van der Waals surface area (Å²) in [7, 11) is -9.12. The van der Waals surface area contributed by atoms with Gasteiger partial charge in [0.05, 0.1) is 0 Å². The number of para-hydroxylation sites is 6. The maximum atomic E-state index is 5.76. The van der Waals surface area contributed by atoms with E-state index in [0.717, 1.165) is 67.5 Å².